The van der Waals surface area contributed by atoms with E-state index < -0.39 is 10.9 Å². The summed E-state index contributed by atoms with van der Waals surface area (Å²) in [5.41, 5.74) is 0. The summed E-state index contributed by atoms with van der Waals surface area (Å²) in [6.07, 6.45) is 0. The second kappa shape index (κ2) is 2.86. The molecule has 1 aromatic rings. The maximum atomic E-state index is 9.13. The fourth-order valence-corrected chi connectivity index (χ4v) is 1.29. The molecule has 5 heteroatoms. The Bertz CT molecular complexity index is 242. The van der Waals surface area contributed by atoms with Crippen LogP contribution >= 0.6 is 10.9 Å². The Morgan fingerprint density at radius 2 is 2.09 bits per heavy atom. The highest BCUT2D eigenvalue weighted by Gasteiger charge is 2.22. The van der Waals surface area contributed by atoms with Crippen molar-refractivity contribution in [2.24, 2.45) is 0 Å². The Morgan fingerprint density at radius 3 is 2.45 bits per heavy atom. The fraction of sp³-hybridized carbons (Fsp3) is 0.333. The summed E-state index contributed by atoms with van der Waals surface area (Å²) in [6, 6.07) is 3.12. The van der Waals surface area contributed by atoms with Crippen molar-refractivity contribution in [1.82, 2.24) is 0 Å². The summed E-state index contributed by atoms with van der Waals surface area (Å²) < 4.78 is 27.7. The first kappa shape index (κ1) is 8.61. The molecule has 0 atom stereocenters. The minimum atomic E-state index is -3.14. The van der Waals surface area contributed by atoms with Crippen LogP contribution in [0.4, 0.5) is 0 Å². The summed E-state index contributed by atoms with van der Waals surface area (Å²) in [6.45, 7) is 1.72. The molecule has 0 aromatic carbocycles. The molecular formula is C6H10O4S. The summed E-state index contributed by atoms with van der Waals surface area (Å²) in [4.78, 5) is 0. The van der Waals surface area contributed by atoms with Crippen LogP contribution in [0.2, 0.25) is 0 Å². The van der Waals surface area contributed by atoms with Crippen LogP contribution in [0.1, 0.15) is 5.76 Å². The number of furan rings is 1. The largest absolute Gasteiger partial charge is 0.450 e. The second-order valence-electron chi connectivity index (χ2n) is 2.03. The van der Waals surface area contributed by atoms with E-state index in [1.165, 1.54) is 13.2 Å². The standard InChI is InChI=1S/C6H10O4S/c1-5-3-4-6(10-5)11(7,8)9-2/h3-4,7-8H,1-2H3. The van der Waals surface area contributed by atoms with Gasteiger partial charge >= 0.3 is 0 Å². The van der Waals surface area contributed by atoms with Crippen LogP contribution in [0.3, 0.4) is 0 Å². The van der Waals surface area contributed by atoms with E-state index in [1.54, 1.807) is 13.0 Å². The number of aryl methyl sites for hydroxylation is 1. The molecule has 4 nitrogen and oxygen atoms in total. The Labute approximate surface area is 66.3 Å². The van der Waals surface area contributed by atoms with Crippen molar-refractivity contribution in [3.63, 3.8) is 0 Å². The van der Waals surface area contributed by atoms with Gasteiger partial charge in [0, 0.05) is 0 Å². The molecule has 0 radical (unpaired) electrons. The molecule has 0 aliphatic heterocycles. The summed E-state index contributed by atoms with van der Waals surface area (Å²) in [5.74, 6) is 0.622. The number of hydrogen-bond donors (Lipinski definition) is 2. The van der Waals surface area contributed by atoms with Crippen molar-refractivity contribution >= 4 is 10.9 Å². The Kier molecular flexibility index (Phi) is 2.24. The van der Waals surface area contributed by atoms with Crippen molar-refractivity contribution in [3.05, 3.63) is 17.9 Å². The van der Waals surface area contributed by atoms with E-state index in [1.807, 2.05) is 0 Å². The van der Waals surface area contributed by atoms with Crippen LogP contribution in [0.5, 0.6) is 0 Å². The van der Waals surface area contributed by atoms with Crippen LogP contribution in [0, 0.1) is 6.92 Å². The maximum absolute atomic E-state index is 9.13. The first-order chi connectivity index (χ1) is 5.06. The predicted molar refractivity (Wildman–Crippen MR) is 41.6 cm³/mol. The van der Waals surface area contributed by atoms with Crippen LogP contribution in [-0.2, 0) is 4.18 Å². The average molecular weight is 178 g/mol. The zero-order chi connectivity index (χ0) is 8.48. The lowest BCUT2D eigenvalue weighted by Crippen LogP contribution is -1.97. The average Bonchev–Trinajstić information content (AvgIpc) is 2.36. The quantitative estimate of drug-likeness (QED) is 0.729. The van der Waals surface area contributed by atoms with Gasteiger partial charge in [0.15, 0.2) is 10.9 Å². The smallest absolute Gasteiger partial charge is 0.214 e. The van der Waals surface area contributed by atoms with Crippen molar-refractivity contribution in [2.75, 3.05) is 7.11 Å². The summed E-state index contributed by atoms with van der Waals surface area (Å²) in [7, 11) is -1.93. The van der Waals surface area contributed by atoms with Gasteiger partial charge in [-0.05, 0) is 19.1 Å². The van der Waals surface area contributed by atoms with Crippen molar-refractivity contribution < 1.29 is 17.7 Å². The van der Waals surface area contributed by atoms with Gasteiger partial charge in [0.1, 0.15) is 5.76 Å². The molecule has 0 saturated heterocycles. The molecule has 1 rings (SSSR count). The van der Waals surface area contributed by atoms with Gasteiger partial charge in [-0.25, -0.2) is 0 Å². The van der Waals surface area contributed by atoms with Crippen LogP contribution < -0.4 is 0 Å². The van der Waals surface area contributed by atoms with Gasteiger partial charge in [0.2, 0.25) is 5.09 Å². The third-order valence-corrected chi connectivity index (χ3v) is 2.42. The van der Waals surface area contributed by atoms with E-state index in [9.17, 15) is 0 Å². The minimum absolute atomic E-state index is 0.0671. The van der Waals surface area contributed by atoms with E-state index in [4.69, 9.17) is 13.5 Å². The molecule has 0 saturated carbocycles. The molecule has 0 aliphatic rings. The second-order valence-corrected chi connectivity index (χ2v) is 3.76. The van der Waals surface area contributed by atoms with E-state index >= 15 is 0 Å². The molecule has 0 unspecified atom stereocenters. The molecule has 11 heavy (non-hydrogen) atoms. The van der Waals surface area contributed by atoms with Gasteiger partial charge in [-0.3, -0.25) is 4.18 Å². The lowest BCUT2D eigenvalue weighted by molar-refractivity contribution is 0.287. The summed E-state index contributed by atoms with van der Waals surface area (Å²) in [5, 5.41) is 0.0671. The van der Waals surface area contributed by atoms with Gasteiger partial charge in [0.05, 0.1) is 7.11 Å². The molecule has 64 valence electrons. The van der Waals surface area contributed by atoms with Crippen LogP contribution in [-0.4, -0.2) is 16.2 Å². The van der Waals surface area contributed by atoms with E-state index in [0.29, 0.717) is 5.76 Å². The normalized spacial score (nSPS) is 13.5. The monoisotopic (exact) mass is 178 g/mol. The Balaban J connectivity index is 2.92. The molecule has 1 heterocycles. The van der Waals surface area contributed by atoms with E-state index in [0.717, 1.165) is 0 Å². The molecule has 0 amide bonds. The van der Waals surface area contributed by atoms with Crippen LogP contribution in [0.25, 0.3) is 0 Å². The highest BCUT2D eigenvalue weighted by atomic mass is 32.3. The first-order valence-corrected chi connectivity index (χ1v) is 4.43. The molecule has 0 bridgehead atoms. The molecule has 0 fully saturated rings. The molecule has 1 aromatic heterocycles. The molecule has 0 aliphatic carbocycles. The van der Waals surface area contributed by atoms with Crippen LogP contribution in [0.15, 0.2) is 21.6 Å². The predicted octanol–water partition coefficient (Wildman–Crippen LogP) is 2.26. The highest BCUT2D eigenvalue weighted by Crippen LogP contribution is 2.48. The third kappa shape index (κ3) is 1.75. The van der Waals surface area contributed by atoms with Gasteiger partial charge in [0.25, 0.3) is 0 Å². The zero-order valence-corrected chi connectivity index (χ0v) is 7.09. The molecule has 0 spiro atoms. The molecular weight excluding hydrogens is 168 g/mol. The third-order valence-electron chi connectivity index (χ3n) is 1.21. The lowest BCUT2D eigenvalue weighted by atomic mass is 10.5. The van der Waals surface area contributed by atoms with Crippen molar-refractivity contribution in [1.29, 1.82) is 0 Å². The highest BCUT2D eigenvalue weighted by molar-refractivity contribution is 8.20. The number of rotatable bonds is 2. The topological polar surface area (TPSA) is 62.8 Å². The Hall–Kier alpha value is -0.490. The first-order valence-electron chi connectivity index (χ1n) is 2.96. The minimum Gasteiger partial charge on any atom is -0.450 e. The fourth-order valence-electron chi connectivity index (χ4n) is 0.637. The van der Waals surface area contributed by atoms with Gasteiger partial charge in [-0.1, -0.05) is 0 Å². The maximum Gasteiger partial charge on any atom is 0.214 e. The zero-order valence-electron chi connectivity index (χ0n) is 6.27. The SMILES string of the molecule is COS(O)(O)c1ccc(C)o1. The van der Waals surface area contributed by atoms with Gasteiger partial charge in [-0.2, -0.15) is 0 Å². The lowest BCUT2D eigenvalue weighted by Gasteiger charge is -2.20. The molecule has 2 N–H and O–H groups in total. The Morgan fingerprint density at radius 1 is 1.45 bits per heavy atom. The van der Waals surface area contributed by atoms with Crippen molar-refractivity contribution in [2.45, 2.75) is 12.0 Å². The van der Waals surface area contributed by atoms with Gasteiger partial charge < -0.3 is 13.5 Å². The van der Waals surface area contributed by atoms with E-state index in [2.05, 4.69) is 4.18 Å². The van der Waals surface area contributed by atoms with Gasteiger partial charge in [-0.15, -0.1) is 0 Å². The van der Waals surface area contributed by atoms with Crippen molar-refractivity contribution in [3.8, 4) is 0 Å². The number of hydrogen-bond acceptors (Lipinski definition) is 4. The summed E-state index contributed by atoms with van der Waals surface area (Å²) >= 11 is 0. The van der Waals surface area contributed by atoms with E-state index in [-0.39, 0.29) is 5.09 Å².